The van der Waals surface area contributed by atoms with E-state index in [2.05, 4.69) is 0 Å². The smallest absolute Gasteiger partial charge is 0.137 e. The van der Waals surface area contributed by atoms with Crippen LogP contribution in [0, 0.1) is 5.82 Å². The first-order valence-electron chi connectivity index (χ1n) is 4.59. The topological polar surface area (TPSA) is 17.1 Å². The van der Waals surface area contributed by atoms with Crippen LogP contribution in [0.2, 0.25) is 5.02 Å². The van der Waals surface area contributed by atoms with E-state index in [4.69, 9.17) is 11.6 Å². The standard InChI is InChI=1S/C11H12ClFO/c1-2-3-10(14)6-8-4-5-9(12)7-11(8)13/h4-5,7H,2-3,6H2,1H3. The fraction of sp³-hybridized carbons (Fsp3) is 0.364. The quantitative estimate of drug-likeness (QED) is 0.751. The van der Waals surface area contributed by atoms with E-state index in [9.17, 15) is 9.18 Å². The minimum absolute atomic E-state index is 0.0636. The lowest BCUT2D eigenvalue weighted by atomic mass is 10.1. The van der Waals surface area contributed by atoms with Crippen molar-refractivity contribution in [2.75, 3.05) is 0 Å². The summed E-state index contributed by atoms with van der Waals surface area (Å²) in [5.74, 6) is -0.337. The number of carbonyl (C=O) groups is 1. The Kier molecular flexibility index (Phi) is 4.08. The monoisotopic (exact) mass is 214 g/mol. The fourth-order valence-electron chi connectivity index (χ4n) is 1.24. The Morgan fingerprint density at radius 3 is 2.79 bits per heavy atom. The molecule has 76 valence electrons. The molecule has 0 bridgehead atoms. The summed E-state index contributed by atoms with van der Waals surface area (Å²) in [6, 6.07) is 4.39. The predicted octanol–water partition coefficient (Wildman–Crippen LogP) is 3.39. The predicted molar refractivity (Wildman–Crippen MR) is 55.0 cm³/mol. The highest BCUT2D eigenvalue weighted by atomic mass is 35.5. The molecule has 0 amide bonds. The van der Waals surface area contributed by atoms with Crippen molar-refractivity contribution in [1.82, 2.24) is 0 Å². The molecule has 0 saturated heterocycles. The van der Waals surface area contributed by atoms with Gasteiger partial charge in [0.2, 0.25) is 0 Å². The average Bonchev–Trinajstić information content (AvgIpc) is 2.10. The van der Waals surface area contributed by atoms with Gasteiger partial charge in [0.05, 0.1) is 0 Å². The van der Waals surface area contributed by atoms with Crippen molar-refractivity contribution in [3.63, 3.8) is 0 Å². The number of hydrogen-bond acceptors (Lipinski definition) is 1. The number of halogens is 2. The molecule has 1 rings (SSSR count). The Balaban J connectivity index is 2.72. The van der Waals surface area contributed by atoms with E-state index in [0.717, 1.165) is 6.42 Å². The Hall–Kier alpha value is -0.890. The summed E-state index contributed by atoms with van der Waals surface area (Å²) in [5, 5.41) is 0.356. The zero-order valence-electron chi connectivity index (χ0n) is 8.02. The van der Waals surface area contributed by atoms with Crippen LogP contribution in [0.4, 0.5) is 4.39 Å². The average molecular weight is 215 g/mol. The van der Waals surface area contributed by atoms with Crippen molar-refractivity contribution in [1.29, 1.82) is 0 Å². The number of carbonyl (C=O) groups excluding carboxylic acids is 1. The van der Waals surface area contributed by atoms with Gasteiger partial charge in [0.1, 0.15) is 11.6 Å². The number of benzene rings is 1. The third-order valence-corrected chi connectivity index (χ3v) is 2.17. The molecule has 0 N–H and O–H groups in total. The molecule has 3 heteroatoms. The molecule has 0 unspecified atom stereocenters. The van der Waals surface area contributed by atoms with Crippen molar-refractivity contribution in [3.05, 3.63) is 34.6 Å². The lowest BCUT2D eigenvalue weighted by Gasteiger charge is -2.02. The van der Waals surface area contributed by atoms with Gasteiger partial charge < -0.3 is 0 Å². The largest absolute Gasteiger partial charge is 0.299 e. The highest BCUT2D eigenvalue weighted by Gasteiger charge is 2.07. The van der Waals surface area contributed by atoms with Crippen LogP contribution in [0.3, 0.4) is 0 Å². The second-order valence-corrected chi connectivity index (χ2v) is 3.64. The Morgan fingerprint density at radius 1 is 1.50 bits per heavy atom. The van der Waals surface area contributed by atoms with Crippen LogP contribution in [-0.4, -0.2) is 5.78 Å². The third-order valence-electron chi connectivity index (χ3n) is 1.93. The van der Waals surface area contributed by atoms with E-state index in [0.29, 0.717) is 17.0 Å². The molecule has 1 aromatic carbocycles. The zero-order valence-corrected chi connectivity index (χ0v) is 8.77. The van der Waals surface area contributed by atoms with Crippen LogP contribution in [0.5, 0.6) is 0 Å². The SMILES string of the molecule is CCCC(=O)Cc1ccc(Cl)cc1F. The minimum Gasteiger partial charge on any atom is -0.299 e. The molecule has 0 aliphatic carbocycles. The molecule has 1 nitrogen and oxygen atoms in total. The molecule has 0 fully saturated rings. The molecule has 0 heterocycles. The van der Waals surface area contributed by atoms with E-state index >= 15 is 0 Å². The lowest BCUT2D eigenvalue weighted by Crippen LogP contribution is -2.03. The summed E-state index contributed by atoms with van der Waals surface area (Å²) >= 11 is 5.59. The van der Waals surface area contributed by atoms with Crippen LogP contribution in [0.25, 0.3) is 0 Å². The van der Waals surface area contributed by atoms with Crippen molar-refractivity contribution in [3.8, 4) is 0 Å². The molecule has 0 aliphatic rings. The van der Waals surface area contributed by atoms with E-state index in [-0.39, 0.29) is 12.2 Å². The Morgan fingerprint density at radius 2 is 2.21 bits per heavy atom. The molecule has 0 radical (unpaired) electrons. The number of hydrogen-bond donors (Lipinski definition) is 0. The van der Waals surface area contributed by atoms with Crippen LogP contribution in [0.15, 0.2) is 18.2 Å². The van der Waals surface area contributed by atoms with Crippen LogP contribution in [0.1, 0.15) is 25.3 Å². The van der Waals surface area contributed by atoms with Gasteiger partial charge in [-0.2, -0.15) is 0 Å². The highest BCUT2D eigenvalue weighted by molar-refractivity contribution is 6.30. The molecule has 0 aromatic heterocycles. The summed E-state index contributed by atoms with van der Waals surface area (Å²) in [6.45, 7) is 1.93. The van der Waals surface area contributed by atoms with Gasteiger partial charge in [-0.15, -0.1) is 0 Å². The molecular formula is C11H12ClFO. The van der Waals surface area contributed by atoms with Gasteiger partial charge in [0.25, 0.3) is 0 Å². The van der Waals surface area contributed by atoms with E-state index in [1.165, 1.54) is 6.07 Å². The molecule has 0 spiro atoms. The Bertz CT molecular complexity index is 336. The summed E-state index contributed by atoms with van der Waals surface area (Å²) in [5.41, 5.74) is 0.424. The number of rotatable bonds is 4. The lowest BCUT2D eigenvalue weighted by molar-refractivity contribution is -0.118. The first-order chi connectivity index (χ1) is 6.63. The minimum atomic E-state index is -0.401. The van der Waals surface area contributed by atoms with Crippen molar-refractivity contribution < 1.29 is 9.18 Å². The van der Waals surface area contributed by atoms with Gasteiger partial charge in [-0.3, -0.25) is 4.79 Å². The second-order valence-electron chi connectivity index (χ2n) is 3.20. The van der Waals surface area contributed by atoms with Gasteiger partial charge >= 0.3 is 0 Å². The van der Waals surface area contributed by atoms with Gasteiger partial charge in [-0.1, -0.05) is 24.6 Å². The summed E-state index contributed by atoms with van der Waals surface area (Å²) in [7, 11) is 0. The first-order valence-corrected chi connectivity index (χ1v) is 4.97. The third kappa shape index (κ3) is 3.11. The number of Topliss-reactive ketones (excluding diaryl/α,β-unsaturated/α-hetero) is 1. The van der Waals surface area contributed by atoms with Crippen LogP contribution >= 0.6 is 11.6 Å². The first kappa shape index (κ1) is 11.2. The summed E-state index contributed by atoms with van der Waals surface area (Å²) in [6.07, 6.45) is 1.47. The van der Waals surface area contributed by atoms with Gasteiger partial charge in [-0.25, -0.2) is 4.39 Å². The fourth-order valence-corrected chi connectivity index (χ4v) is 1.40. The van der Waals surface area contributed by atoms with Gasteiger partial charge in [0.15, 0.2) is 0 Å². The molecule has 14 heavy (non-hydrogen) atoms. The molecule has 0 saturated carbocycles. The van der Waals surface area contributed by atoms with Crippen molar-refractivity contribution >= 4 is 17.4 Å². The maximum absolute atomic E-state index is 13.2. The summed E-state index contributed by atoms with van der Waals surface area (Å²) in [4.78, 5) is 11.2. The molecular weight excluding hydrogens is 203 g/mol. The van der Waals surface area contributed by atoms with Gasteiger partial charge in [-0.05, 0) is 24.1 Å². The van der Waals surface area contributed by atoms with Crippen LogP contribution < -0.4 is 0 Å². The number of ketones is 1. The zero-order chi connectivity index (χ0) is 10.6. The van der Waals surface area contributed by atoms with E-state index < -0.39 is 5.82 Å². The maximum atomic E-state index is 13.2. The van der Waals surface area contributed by atoms with Gasteiger partial charge in [0, 0.05) is 17.9 Å². The van der Waals surface area contributed by atoms with Crippen molar-refractivity contribution in [2.24, 2.45) is 0 Å². The highest BCUT2D eigenvalue weighted by Crippen LogP contribution is 2.15. The Labute approximate surface area is 87.9 Å². The van der Waals surface area contributed by atoms with E-state index in [1.54, 1.807) is 12.1 Å². The molecule has 1 aromatic rings. The van der Waals surface area contributed by atoms with E-state index in [1.807, 2.05) is 6.92 Å². The van der Waals surface area contributed by atoms with Crippen molar-refractivity contribution in [2.45, 2.75) is 26.2 Å². The van der Waals surface area contributed by atoms with Crippen LogP contribution in [-0.2, 0) is 11.2 Å². The molecule has 0 aliphatic heterocycles. The summed E-state index contributed by atoms with van der Waals surface area (Å²) < 4.78 is 13.2. The maximum Gasteiger partial charge on any atom is 0.137 e. The normalized spacial score (nSPS) is 10.2. The molecule has 0 atom stereocenters. The second kappa shape index (κ2) is 5.11.